The van der Waals surface area contributed by atoms with Crippen LogP contribution in [0.25, 0.3) is 0 Å². The molecule has 0 amide bonds. The van der Waals surface area contributed by atoms with Crippen molar-refractivity contribution in [1.82, 2.24) is 0 Å². The highest BCUT2D eigenvalue weighted by atomic mass is 35.5. The van der Waals surface area contributed by atoms with E-state index in [1.807, 2.05) is 32.0 Å². The second-order valence-corrected chi connectivity index (χ2v) is 5.39. The largest absolute Gasteiger partial charge is 0.483 e. The summed E-state index contributed by atoms with van der Waals surface area (Å²) in [4.78, 5) is 12.4. The van der Waals surface area contributed by atoms with E-state index in [9.17, 15) is 4.79 Å². The van der Waals surface area contributed by atoms with E-state index < -0.39 is 6.10 Å². The van der Waals surface area contributed by atoms with Crippen LogP contribution >= 0.6 is 11.6 Å². The molecule has 0 saturated heterocycles. The molecule has 2 rings (SSSR count). The summed E-state index contributed by atoms with van der Waals surface area (Å²) in [6, 6.07) is 12.9. The molecule has 0 fully saturated rings. The smallest absolute Gasteiger partial charge is 0.203 e. The first-order valence-corrected chi connectivity index (χ1v) is 6.88. The third-order valence-corrected chi connectivity index (χ3v) is 3.22. The van der Waals surface area contributed by atoms with Crippen LogP contribution in [0.15, 0.2) is 42.5 Å². The van der Waals surface area contributed by atoms with E-state index in [1.54, 1.807) is 31.2 Å². The fourth-order valence-corrected chi connectivity index (χ4v) is 2.33. The molecule has 2 aromatic rings. The zero-order valence-corrected chi connectivity index (χ0v) is 12.6. The summed E-state index contributed by atoms with van der Waals surface area (Å²) in [5.74, 6) is 0.569. The maximum Gasteiger partial charge on any atom is 0.203 e. The highest BCUT2D eigenvalue weighted by molar-refractivity contribution is 6.30. The van der Waals surface area contributed by atoms with Gasteiger partial charge in [0.15, 0.2) is 6.10 Å². The molecule has 0 N–H and O–H groups in total. The number of hydrogen-bond donors (Lipinski definition) is 0. The number of carbonyl (C=O) groups is 1. The summed E-state index contributed by atoms with van der Waals surface area (Å²) >= 11 is 5.90. The fourth-order valence-electron chi connectivity index (χ4n) is 2.15. The molecule has 3 heteroatoms. The Morgan fingerprint density at radius 2 is 1.75 bits per heavy atom. The van der Waals surface area contributed by atoms with Crippen molar-refractivity contribution in [3.63, 3.8) is 0 Å². The van der Waals surface area contributed by atoms with Crippen molar-refractivity contribution in [1.29, 1.82) is 0 Å². The SMILES string of the molecule is Cc1cc(C)cc(C(=O)C(C)Oc2cccc(Cl)c2)c1. The standard InChI is InChI=1S/C17H17ClO2/c1-11-7-12(2)9-14(8-11)17(19)13(3)20-16-6-4-5-15(18)10-16/h4-10,13H,1-3H3. The van der Waals surface area contributed by atoms with Gasteiger partial charge in [-0.15, -0.1) is 0 Å². The molecule has 0 aliphatic rings. The molecule has 104 valence electrons. The molecular weight excluding hydrogens is 272 g/mol. The van der Waals surface area contributed by atoms with Gasteiger partial charge in [-0.1, -0.05) is 34.9 Å². The van der Waals surface area contributed by atoms with Gasteiger partial charge in [0, 0.05) is 10.6 Å². The monoisotopic (exact) mass is 288 g/mol. The maximum absolute atomic E-state index is 12.4. The van der Waals surface area contributed by atoms with E-state index in [4.69, 9.17) is 16.3 Å². The highest BCUT2D eigenvalue weighted by Gasteiger charge is 2.17. The minimum absolute atomic E-state index is 0.0308. The third kappa shape index (κ3) is 3.61. The molecule has 0 aliphatic heterocycles. The maximum atomic E-state index is 12.4. The Bertz CT molecular complexity index is 614. The lowest BCUT2D eigenvalue weighted by Gasteiger charge is -2.14. The highest BCUT2D eigenvalue weighted by Crippen LogP contribution is 2.20. The lowest BCUT2D eigenvalue weighted by Crippen LogP contribution is -2.24. The molecule has 20 heavy (non-hydrogen) atoms. The molecule has 2 aromatic carbocycles. The number of ether oxygens (including phenoxy) is 1. The Morgan fingerprint density at radius 1 is 1.10 bits per heavy atom. The number of rotatable bonds is 4. The van der Waals surface area contributed by atoms with Gasteiger partial charge in [-0.25, -0.2) is 0 Å². The molecule has 2 nitrogen and oxygen atoms in total. The first-order valence-electron chi connectivity index (χ1n) is 6.50. The first-order chi connectivity index (χ1) is 9.45. The summed E-state index contributed by atoms with van der Waals surface area (Å²) in [7, 11) is 0. The number of aryl methyl sites for hydroxylation is 2. The Morgan fingerprint density at radius 3 is 2.35 bits per heavy atom. The number of halogens is 1. The first kappa shape index (κ1) is 14.6. The van der Waals surface area contributed by atoms with Crippen LogP contribution in [-0.4, -0.2) is 11.9 Å². The lowest BCUT2D eigenvalue weighted by molar-refractivity contribution is 0.0818. The Hall–Kier alpha value is -1.80. The van der Waals surface area contributed by atoms with Crippen LogP contribution in [0.5, 0.6) is 5.75 Å². The van der Waals surface area contributed by atoms with Crippen molar-refractivity contribution < 1.29 is 9.53 Å². The van der Waals surface area contributed by atoms with Gasteiger partial charge in [0.25, 0.3) is 0 Å². The van der Waals surface area contributed by atoms with Crippen molar-refractivity contribution in [2.75, 3.05) is 0 Å². The van der Waals surface area contributed by atoms with Gasteiger partial charge in [0.05, 0.1) is 0 Å². The minimum atomic E-state index is -0.547. The van der Waals surface area contributed by atoms with Crippen molar-refractivity contribution in [2.24, 2.45) is 0 Å². The van der Waals surface area contributed by atoms with Gasteiger partial charge < -0.3 is 4.74 Å². The van der Waals surface area contributed by atoms with Gasteiger partial charge in [0.1, 0.15) is 5.75 Å². The van der Waals surface area contributed by atoms with Crippen LogP contribution in [0.1, 0.15) is 28.4 Å². The van der Waals surface area contributed by atoms with E-state index in [1.165, 1.54) is 0 Å². The normalized spacial score (nSPS) is 12.0. The van der Waals surface area contributed by atoms with Crippen LogP contribution in [-0.2, 0) is 0 Å². The third-order valence-electron chi connectivity index (χ3n) is 2.98. The number of benzene rings is 2. The van der Waals surface area contributed by atoms with Gasteiger partial charge in [-0.3, -0.25) is 4.79 Å². The van der Waals surface area contributed by atoms with Crippen molar-refractivity contribution in [3.8, 4) is 5.75 Å². The van der Waals surface area contributed by atoms with Crippen molar-refractivity contribution >= 4 is 17.4 Å². The summed E-state index contributed by atoms with van der Waals surface area (Å²) < 4.78 is 5.66. The minimum Gasteiger partial charge on any atom is -0.483 e. The molecule has 0 aromatic heterocycles. The molecular formula is C17H17ClO2. The molecule has 0 saturated carbocycles. The molecule has 0 spiro atoms. The Kier molecular flexibility index (Phi) is 4.46. The average Bonchev–Trinajstić information content (AvgIpc) is 2.36. The number of carbonyl (C=O) groups excluding carboxylic acids is 1. The number of Topliss-reactive ketones (excluding diaryl/α,β-unsaturated/α-hetero) is 1. The van der Waals surface area contributed by atoms with Crippen LogP contribution in [0.2, 0.25) is 5.02 Å². The zero-order chi connectivity index (χ0) is 14.7. The quantitative estimate of drug-likeness (QED) is 0.768. The van der Waals surface area contributed by atoms with Crippen LogP contribution in [0.4, 0.5) is 0 Å². The predicted molar refractivity (Wildman–Crippen MR) is 81.8 cm³/mol. The summed E-state index contributed by atoms with van der Waals surface area (Å²) in [5.41, 5.74) is 2.82. The van der Waals surface area contributed by atoms with E-state index in [2.05, 4.69) is 0 Å². The van der Waals surface area contributed by atoms with Gasteiger partial charge >= 0.3 is 0 Å². The Labute approximate surface area is 124 Å². The number of ketones is 1. The van der Waals surface area contributed by atoms with Crippen molar-refractivity contribution in [2.45, 2.75) is 26.9 Å². The summed E-state index contributed by atoms with van der Waals surface area (Å²) in [6.45, 7) is 5.71. The zero-order valence-electron chi connectivity index (χ0n) is 11.8. The second-order valence-electron chi connectivity index (χ2n) is 4.96. The molecule has 1 unspecified atom stereocenters. The lowest BCUT2D eigenvalue weighted by atomic mass is 10.0. The average molecular weight is 289 g/mol. The molecule has 0 radical (unpaired) electrons. The molecule has 0 bridgehead atoms. The van der Waals surface area contributed by atoms with Crippen LogP contribution < -0.4 is 4.74 Å². The van der Waals surface area contributed by atoms with Gasteiger partial charge in [-0.2, -0.15) is 0 Å². The second kappa shape index (κ2) is 6.10. The van der Waals surface area contributed by atoms with Crippen LogP contribution in [0.3, 0.4) is 0 Å². The number of hydrogen-bond acceptors (Lipinski definition) is 2. The Balaban J connectivity index is 2.16. The van der Waals surface area contributed by atoms with E-state index in [0.29, 0.717) is 16.3 Å². The van der Waals surface area contributed by atoms with Gasteiger partial charge in [-0.05, 0) is 51.1 Å². The van der Waals surface area contributed by atoms with E-state index in [-0.39, 0.29) is 5.78 Å². The van der Waals surface area contributed by atoms with E-state index in [0.717, 1.165) is 11.1 Å². The van der Waals surface area contributed by atoms with E-state index >= 15 is 0 Å². The predicted octanol–water partition coefficient (Wildman–Crippen LogP) is 4.61. The van der Waals surface area contributed by atoms with Crippen LogP contribution in [0, 0.1) is 13.8 Å². The molecule has 1 atom stereocenters. The molecule has 0 heterocycles. The molecule has 0 aliphatic carbocycles. The van der Waals surface area contributed by atoms with Crippen molar-refractivity contribution in [3.05, 3.63) is 64.2 Å². The topological polar surface area (TPSA) is 26.3 Å². The van der Waals surface area contributed by atoms with Gasteiger partial charge in [0.2, 0.25) is 5.78 Å². The summed E-state index contributed by atoms with van der Waals surface area (Å²) in [6.07, 6.45) is -0.547. The summed E-state index contributed by atoms with van der Waals surface area (Å²) in [5, 5.41) is 0.591. The fraction of sp³-hybridized carbons (Fsp3) is 0.235.